The zero-order valence-corrected chi connectivity index (χ0v) is 13.6. The predicted octanol–water partition coefficient (Wildman–Crippen LogP) is 3.09. The molecule has 118 valence electrons. The number of benzene rings is 1. The molecule has 1 aromatic carbocycles. The molecular formula is C18H30N2O. The molecule has 0 aromatic heterocycles. The lowest BCUT2D eigenvalue weighted by molar-refractivity contribution is 0.244. The fourth-order valence-electron chi connectivity index (χ4n) is 3.19. The highest BCUT2D eigenvalue weighted by molar-refractivity contribution is 5.51. The molecule has 1 saturated heterocycles. The van der Waals surface area contributed by atoms with Gasteiger partial charge in [0.2, 0.25) is 0 Å². The highest BCUT2D eigenvalue weighted by atomic mass is 16.3. The SMILES string of the molecule is CCCNCc1ccc(N2CCCC(CCO)C2)cc1C. The van der Waals surface area contributed by atoms with Crippen molar-refractivity contribution in [3.63, 3.8) is 0 Å². The normalized spacial score (nSPS) is 19.0. The molecule has 1 atom stereocenters. The molecule has 0 amide bonds. The Morgan fingerprint density at radius 2 is 2.24 bits per heavy atom. The molecule has 0 radical (unpaired) electrons. The Morgan fingerprint density at radius 3 is 2.95 bits per heavy atom. The van der Waals surface area contributed by atoms with Gasteiger partial charge in [-0.2, -0.15) is 0 Å². The van der Waals surface area contributed by atoms with Crippen molar-refractivity contribution in [3.8, 4) is 0 Å². The Kier molecular flexibility index (Phi) is 6.52. The van der Waals surface area contributed by atoms with Gasteiger partial charge < -0.3 is 15.3 Å². The highest BCUT2D eigenvalue weighted by Gasteiger charge is 2.19. The average Bonchev–Trinajstić information content (AvgIpc) is 2.50. The number of hydrogen-bond acceptors (Lipinski definition) is 3. The molecule has 0 bridgehead atoms. The van der Waals surface area contributed by atoms with Crippen molar-refractivity contribution in [2.24, 2.45) is 5.92 Å². The molecule has 1 aliphatic heterocycles. The number of nitrogens with one attached hydrogen (secondary N) is 1. The van der Waals surface area contributed by atoms with Crippen LogP contribution in [-0.2, 0) is 6.54 Å². The first-order chi connectivity index (χ1) is 10.2. The average molecular weight is 290 g/mol. The van der Waals surface area contributed by atoms with Crippen LogP contribution in [0.25, 0.3) is 0 Å². The summed E-state index contributed by atoms with van der Waals surface area (Å²) >= 11 is 0. The second kappa shape index (κ2) is 8.40. The van der Waals surface area contributed by atoms with E-state index in [1.807, 2.05) is 0 Å². The summed E-state index contributed by atoms with van der Waals surface area (Å²) in [5.74, 6) is 0.648. The summed E-state index contributed by atoms with van der Waals surface area (Å²) in [7, 11) is 0. The van der Waals surface area contributed by atoms with Gasteiger partial charge in [0, 0.05) is 31.9 Å². The maximum absolute atomic E-state index is 9.13. The van der Waals surface area contributed by atoms with Crippen LogP contribution in [0.2, 0.25) is 0 Å². The van der Waals surface area contributed by atoms with E-state index >= 15 is 0 Å². The minimum atomic E-state index is 0.319. The van der Waals surface area contributed by atoms with Crippen LogP contribution in [0.5, 0.6) is 0 Å². The highest BCUT2D eigenvalue weighted by Crippen LogP contribution is 2.26. The molecule has 1 aliphatic rings. The smallest absolute Gasteiger partial charge is 0.0434 e. The predicted molar refractivity (Wildman–Crippen MR) is 89.8 cm³/mol. The number of anilines is 1. The van der Waals surface area contributed by atoms with Gasteiger partial charge in [-0.15, -0.1) is 0 Å². The van der Waals surface area contributed by atoms with Crippen molar-refractivity contribution in [2.45, 2.75) is 46.1 Å². The van der Waals surface area contributed by atoms with Crippen molar-refractivity contribution in [1.82, 2.24) is 5.32 Å². The van der Waals surface area contributed by atoms with Crippen molar-refractivity contribution in [1.29, 1.82) is 0 Å². The number of piperidine rings is 1. The first-order valence-corrected chi connectivity index (χ1v) is 8.40. The fourth-order valence-corrected chi connectivity index (χ4v) is 3.19. The third-order valence-corrected chi connectivity index (χ3v) is 4.49. The molecule has 3 heteroatoms. The van der Waals surface area contributed by atoms with Crippen LogP contribution in [0.3, 0.4) is 0 Å². The first-order valence-electron chi connectivity index (χ1n) is 8.40. The quantitative estimate of drug-likeness (QED) is 0.758. The van der Waals surface area contributed by atoms with Gasteiger partial charge in [0.05, 0.1) is 0 Å². The maximum atomic E-state index is 9.13. The van der Waals surface area contributed by atoms with E-state index in [9.17, 15) is 0 Å². The number of aliphatic hydroxyl groups is 1. The summed E-state index contributed by atoms with van der Waals surface area (Å²) < 4.78 is 0. The molecule has 1 fully saturated rings. The van der Waals surface area contributed by atoms with E-state index in [0.29, 0.717) is 12.5 Å². The molecule has 0 aliphatic carbocycles. The van der Waals surface area contributed by atoms with E-state index in [4.69, 9.17) is 5.11 Å². The first kappa shape index (κ1) is 16.3. The number of aliphatic hydroxyl groups excluding tert-OH is 1. The van der Waals surface area contributed by atoms with Gasteiger partial charge in [-0.25, -0.2) is 0 Å². The van der Waals surface area contributed by atoms with Crippen LogP contribution in [-0.4, -0.2) is 31.3 Å². The molecule has 1 unspecified atom stereocenters. The minimum absolute atomic E-state index is 0.319. The fraction of sp³-hybridized carbons (Fsp3) is 0.667. The number of hydrogen-bond donors (Lipinski definition) is 2. The summed E-state index contributed by atoms with van der Waals surface area (Å²) in [6.07, 6.45) is 4.62. The van der Waals surface area contributed by atoms with E-state index in [-0.39, 0.29) is 0 Å². The summed E-state index contributed by atoms with van der Waals surface area (Å²) in [5, 5.41) is 12.6. The van der Waals surface area contributed by atoms with Crippen molar-refractivity contribution in [3.05, 3.63) is 29.3 Å². The number of aryl methyl sites for hydroxylation is 1. The van der Waals surface area contributed by atoms with E-state index in [0.717, 1.165) is 32.6 Å². The van der Waals surface area contributed by atoms with Crippen molar-refractivity contribution in [2.75, 3.05) is 31.1 Å². The van der Waals surface area contributed by atoms with Gasteiger partial charge in [-0.1, -0.05) is 13.0 Å². The monoisotopic (exact) mass is 290 g/mol. The third kappa shape index (κ3) is 4.72. The van der Waals surface area contributed by atoms with E-state index < -0.39 is 0 Å². The van der Waals surface area contributed by atoms with E-state index in [1.165, 1.54) is 36.1 Å². The molecular weight excluding hydrogens is 260 g/mol. The van der Waals surface area contributed by atoms with E-state index in [1.54, 1.807) is 0 Å². The standard InChI is InChI=1S/C18H30N2O/c1-3-9-19-13-17-6-7-18(12-15(17)2)20-10-4-5-16(14-20)8-11-21/h6-7,12,16,19,21H,3-5,8-11,13-14H2,1-2H3. The Labute approximate surface area is 129 Å². The zero-order valence-electron chi connectivity index (χ0n) is 13.6. The number of rotatable bonds is 7. The summed E-state index contributed by atoms with van der Waals surface area (Å²) in [5.41, 5.74) is 4.12. The van der Waals surface area contributed by atoms with Gasteiger partial charge in [0.1, 0.15) is 0 Å². The Balaban J connectivity index is 1.98. The van der Waals surface area contributed by atoms with Crippen LogP contribution in [0, 0.1) is 12.8 Å². The van der Waals surface area contributed by atoms with Crippen molar-refractivity contribution >= 4 is 5.69 Å². The van der Waals surface area contributed by atoms with Crippen LogP contribution >= 0.6 is 0 Å². The van der Waals surface area contributed by atoms with E-state index in [2.05, 4.69) is 42.3 Å². The summed E-state index contributed by atoms with van der Waals surface area (Å²) in [6.45, 7) is 9.01. The molecule has 2 N–H and O–H groups in total. The molecule has 1 aromatic rings. The van der Waals surface area contributed by atoms with Gasteiger partial charge in [0.15, 0.2) is 0 Å². The maximum Gasteiger partial charge on any atom is 0.0434 e. The summed E-state index contributed by atoms with van der Waals surface area (Å²) in [4.78, 5) is 2.49. The Bertz CT molecular complexity index is 431. The minimum Gasteiger partial charge on any atom is -0.396 e. The second-order valence-electron chi connectivity index (χ2n) is 6.25. The van der Waals surface area contributed by atoms with Crippen LogP contribution < -0.4 is 10.2 Å². The lowest BCUT2D eigenvalue weighted by Gasteiger charge is -2.34. The number of nitrogens with zero attached hydrogens (tertiary/aromatic N) is 1. The van der Waals surface area contributed by atoms with Gasteiger partial charge in [-0.3, -0.25) is 0 Å². The lowest BCUT2D eigenvalue weighted by atomic mass is 9.94. The molecule has 3 nitrogen and oxygen atoms in total. The third-order valence-electron chi connectivity index (χ3n) is 4.49. The summed E-state index contributed by atoms with van der Waals surface area (Å²) in [6, 6.07) is 6.85. The van der Waals surface area contributed by atoms with Crippen molar-refractivity contribution < 1.29 is 5.11 Å². The second-order valence-corrected chi connectivity index (χ2v) is 6.25. The lowest BCUT2D eigenvalue weighted by Crippen LogP contribution is -2.35. The largest absolute Gasteiger partial charge is 0.396 e. The van der Waals surface area contributed by atoms with Crippen LogP contribution in [0.4, 0.5) is 5.69 Å². The molecule has 21 heavy (non-hydrogen) atoms. The molecule has 1 heterocycles. The van der Waals surface area contributed by atoms with Crippen LogP contribution in [0.1, 0.15) is 43.7 Å². The molecule has 0 saturated carbocycles. The zero-order chi connectivity index (χ0) is 15.1. The molecule has 0 spiro atoms. The van der Waals surface area contributed by atoms with Gasteiger partial charge in [0.25, 0.3) is 0 Å². The van der Waals surface area contributed by atoms with Gasteiger partial charge >= 0.3 is 0 Å². The van der Waals surface area contributed by atoms with Crippen LogP contribution in [0.15, 0.2) is 18.2 Å². The Morgan fingerprint density at radius 1 is 1.38 bits per heavy atom. The topological polar surface area (TPSA) is 35.5 Å². The van der Waals surface area contributed by atoms with Gasteiger partial charge in [-0.05, 0) is 68.3 Å². The Hall–Kier alpha value is -1.06. The molecule has 2 rings (SSSR count).